The molecule has 0 aliphatic carbocycles. The highest BCUT2D eigenvalue weighted by Gasteiger charge is 2.26. The van der Waals surface area contributed by atoms with Crippen LogP contribution in [0.1, 0.15) is 24.6 Å². The summed E-state index contributed by atoms with van der Waals surface area (Å²) in [6, 6.07) is 4.33. The van der Waals surface area contributed by atoms with E-state index in [4.69, 9.17) is 5.73 Å². The maximum atomic E-state index is 12.2. The van der Waals surface area contributed by atoms with E-state index in [0.717, 1.165) is 24.3 Å². The highest BCUT2D eigenvalue weighted by molar-refractivity contribution is 7.10. The van der Waals surface area contributed by atoms with Gasteiger partial charge >= 0.3 is 0 Å². The van der Waals surface area contributed by atoms with Crippen molar-refractivity contribution in [3.8, 4) is 0 Å². The van der Waals surface area contributed by atoms with Crippen LogP contribution in [0.3, 0.4) is 0 Å². The quantitative estimate of drug-likeness (QED) is 0.852. The van der Waals surface area contributed by atoms with E-state index >= 15 is 0 Å². The molecule has 1 fully saturated rings. The van der Waals surface area contributed by atoms with E-state index in [2.05, 4.69) is 6.92 Å². The Hall–Kier alpha value is -1.13. The summed E-state index contributed by atoms with van der Waals surface area (Å²) in [6.45, 7) is 3.58. The highest BCUT2D eigenvalue weighted by Crippen LogP contribution is 2.21. The summed E-state index contributed by atoms with van der Waals surface area (Å²) in [5, 5.41) is 2.01. The average molecular weight is 264 g/mol. The second-order valence-electron chi connectivity index (χ2n) is 4.87. The maximum absolute atomic E-state index is 12.2. The zero-order valence-electron chi connectivity index (χ0n) is 10.7. The van der Waals surface area contributed by atoms with Crippen LogP contribution >= 0.6 is 11.3 Å². The summed E-state index contributed by atoms with van der Waals surface area (Å²) in [6.07, 6.45) is 5.77. The number of piperidine rings is 1. The van der Waals surface area contributed by atoms with E-state index in [1.807, 2.05) is 28.5 Å². The number of rotatable bonds is 3. The molecular weight excluding hydrogens is 244 g/mol. The molecule has 0 spiro atoms. The predicted octanol–water partition coefficient (Wildman–Crippen LogP) is 2.35. The van der Waals surface area contributed by atoms with E-state index < -0.39 is 0 Å². The molecule has 2 rings (SSSR count). The number of carbonyl (C=O) groups is 1. The van der Waals surface area contributed by atoms with Crippen LogP contribution in [0.15, 0.2) is 23.6 Å². The number of nitrogens with two attached hydrogens (primary N) is 1. The molecule has 1 amide bonds. The first-order valence-corrected chi connectivity index (χ1v) is 7.31. The minimum atomic E-state index is 0.106. The summed E-state index contributed by atoms with van der Waals surface area (Å²) in [4.78, 5) is 15.2. The minimum absolute atomic E-state index is 0.106. The van der Waals surface area contributed by atoms with Gasteiger partial charge in [0.05, 0.1) is 0 Å². The van der Waals surface area contributed by atoms with Gasteiger partial charge < -0.3 is 10.6 Å². The van der Waals surface area contributed by atoms with Crippen molar-refractivity contribution < 1.29 is 4.79 Å². The van der Waals surface area contributed by atoms with Crippen molar-refractivity contribution in [2.24, 2.45) is 11.7 Å². The van der Waals surface area contributed by atoms with Gasteiger partial charge in [-0.2, -0.15) is 0 Å². The van der Waals surface area contributed by atoms with Crippen LogP contribution in [0.2, 0.25) is 0 Å². The van der Waals surface area contributed by atoms with Crippen molar-refractivity contribution in [2.45, 2.75) is 25.8 Å². The third-order valence-corrected chi connectivity index (χ3v) is 4.37. The summed E-state index contributed by atoms with van der Waals surface area (Å²) < 4.78 is 0. The molecule has 0 saturated carbocycles. The number of hydrogen-bond acceptors (Lipinski definition) is 3. The van der Waals surface area contributed by atoms with Crippen molar-refractivity contribution >= 4 is 23.3 Å². The van der Waals surface area contributed by atoms with Crippen LogP contribution in [0.5, 0.6) is 0 Å². The molecular formula is C14H20N2OS. The standard InChI is InChI=1S/C14H20N2OS/c1-11-4-5-12(9-15)10-16(11)14(17)7-6-13-3-2-8-18-13/h2-3,6-8,11-12H,4-5,9-10,15H2,1H3. The Morgan fingerprint density at radius 3 is 3.11 bits per heavy atom. The lowest BCUT2D eigenvalue weighted by atomic mass is 9.93. The van der Waals surface area contributed by atoms with Crippen LogP contribution in [-0.4, -0.2) is 29.9 Å². The number of likely N-dealkylation sites (tertiary alicyclic amines) is 1. The number of carbonyl (C=O) groups excluding carboxylic acids is 1. The fraction of sp³-hybridized carbons (Fsp3) is 0.500. The molecule has 2 heterocycles. The normalized spacial score (nSPS) is 24.7. The molecule has 1 aliphatic heterocycles. The number of thiophene rings is 1. The second-order valence-corrected chi connectivity index (χ2v) is 5.85. The van der Waals surface area contributed by atoms with Crippen LogP contribution in [0.25, 0.3) is 6.08 Å². The second kappa shape index (κ2) is 6.16. The van der Waals surface area contributed by atoms with Crippen molar-refractivity contribution in [3.63, 3.8) is 0 Å². The fourth-order valence-electron chi connectivity index (χ4n) is 2.32. The topological polar surface area (TPSA) is 46.3 Å². The molecule has 1 aliphatic rings. The van der Waals surface area contributed by atoms with Crippen molar-refractivity contribution in [1.82, 2.24) is 4.90 Å². The fourth-order valence-corrected chi connectivity index (χ4v) is 2.93. The Morgan fingerprint density at radius 2 is 2.44 bits per heavy atom. The number of hydrogen-bond donors (Lipinski definition) is 1. The number of nitrogens with zero attached hydrogens (tertiary/aromatic N) is 1. The largest absolute Gasteiger partial charge is 0.336 e. The molecule has 2 atom stereocenters. The predicted molar refractivity (Wildman–Crippen MR) is 76.3 cm³/mol. The molecule has 1 aromatic heterocycles. The maximum Gasteiger partial charge on any atom is 0.246 e. The van der Waals surface area contributed by atoms with Gasteiger partial charge in [0, 0.05) is 23.5 Å². The van der Waals surface area contributed by atoms with Gasteiger partial charge in [-0.1, -0.05) is 6.07 Å². The smallest absolute Gasteiger partial charge is 0.246 e. The first kappa shape index (κ1) is 13.3. The lowest BCUT2D eigenvalue weighted by Crippen LogP contribution is -2.46. The third-order valence-electron chi connectivity index (χ3n) is 3.53. The Labute approximate surface area is 112 Å². The molecule has 98 valence electrons. The molecule has 1 aromatic rings. The molecule has 3 nitrogen and oxygen atoms in total. The number of amides is 1. The third kappa shape index (κ3) is 3.21. The van der Waals surface area contributed by atoms with E-state index in [1.165, 1.54) is 0 Å². The Kier molecular flexibility index (Phi) is 4.55. The van der Waals surface area contributed by atoms with Gasteiger partial charge in [-0.15, -0.1) is 11.3 Å². The lowest BCUT2D eigenvalue weighted by molar-refractivity contribution is -0.130. The van der Waals surface area contributed by atoms with Crippen LogP contribution in [0.4, 0.5) is 0 Å². The zero-order valence-corrected chi connectivity index (χ0v) is 11.5. The van der Waals surface area contributed by atoms with E-state index in [1.54, 1.807) is 17.4 Å². The summed E-state index contributed by atoms with van der Waals surface area (Å²) >= 11 is 1.64. The molecule has 0 bridgehead atoms. The lowest BCUT2D eigenvalue weighted by Gasteiger charge is -2.37. The SMILES string of the molecule is CC1CCC(CN)CN1C(=O)C=Cc1cccs1. The molecule has 4 heteroatoms. The van der Waals surface area contributed by atoms with Gasteiger partial charge in [-0.25, -0.2) is 0 Å². The Morgan fingerprint density at radius 1 is 1.61 bits per heavy atom. The summed E-state index contributed by atoms with van der Waals surface area (Å²) in [5.41, 5.74) is 5.71. The van der Waals surface area contributed by atoms with Crippen LogP contribution in [0, 0.1) is 5.92 Å². The molecule has 18 heavy (non-hydrogen) atoms. The molecule has 0 radical (unpaired) electrons. The summed E-state index contributed by atoms with van der Waals surface area (Å²) in [7, 11) is 0. The van der Waals surface area contributed by atoms with Gasteiger partial charge in [0.1, 0.15) is 0 Å². The van der Waals surface area contributed by atoms with Gasteiger partial charge in [-0.3, -0.25) is 4.79 Å². The first-order chi connectivity index (χ1) is 8.70. The summed E-state index contributed by atoms with van der Waals surface area (Å²) in [5.74, 6) is 0.564. The Balaban J connectivity index is 1.98. The highest BCUT2D eigenvalue weighted by atomic mass is 32.1. The van der Waals surface area contributed by atoms with Crippen LogP contribution < -0.4 is 5.73 Å². The zero-order chi connectivity index (χ0) is 13.0. The van der Waals surface area contributed by atoms with E-state index in [9.17, 15) is 4.79 Å². The van der Waals surface area contributed by atoms with Gasteiger partial charge in [0.25, 0.3) is 0 Å². The van der Waals surface area contributed by atoms with Gasteiger partial charge in [-0.05, 0) is 49.8 Å². The van der Waals surface area contributed by atoms with E-state index in [0.29, 0.717) is 18.5 Å². The Bertz CT molecular complexity index is 413. The van der Waals surface area contributed by atoms with Crippen molar-refractivity contribution in [1.29, 1.82) is 0 Å². The van der Waals surface area contributed by atoms with Gasteiger partial charge in [0.15, 0.2) is 0 Å². The molecule has 2 N–H and O–H groups in total. The van der Waals surface area contributed by atoms with Crippen molar-refractivity contribution in [2.75, 3.05) is 13.1 Å². The monoisotopic (exact) mass is 264 g/mol. The minimum Gasteiger partial charge on any atom is -0.336 e. The first-order valence-electron chi connectivity index (χ1n) is 6.43. The molecule has 2 unspecified atom stereocenters. The average Bonchev–Trinajstić information content (AvgIpc) is 2.89. The molecule has 0 aromatic carbocycles. The van der Waals surface area contributed by atoms with E-state index in [-0.39, 0.29) is 5.91 Å². The molecule has 1 saturated heterocycles. The van der Waals surface area contributed by atoms with Gasteiger partial charge in [0.2, 0.25) is 5.91 Å². The van der Waals surface area contributed by atoms with Crippen molar-refractivity contribution in [3.05, 3.63) is 28.5 Å². The van der Waals surface area contributed by atoms with Crippen LogP contribution in [-0.2, 0) is 4.79 Å².